The second-order valence-electron chi connectivity index (χ2n) is 3.39. The highest BCUT2D eigenvalue weighted by atomic mass is 79.9. The lowest BCUT2D eigenvalue weighted by Crippen LogP contribution is -2.46. The molecule has 82 valence electrons. The van der Waals surface area contributed by atoms with E-state index in [-0.39, 0.29) is 5.91 Å². The number of rotatable bonds is 3. The van der Waals surface area contributed by atoms with E-state index in [1.165, 1.54) is 7.05 Å². The van der Waals surface area contributed by atoms with Crippen molar-refractivity contribution in [1.29, 1.82) is 0 Å². The highest BCUT2D eigenvalue weighted by Gasteiger charge is 2.15. The zero-order valence-corrected chi connectivity index (χ0v) is 10.1. The summed E-state index contributed by atoms with van der Waals surface area (Å²) in [6.07, 6.45) is 0.494. The first-order chi connectivity index (χ1) is 7.00. The van der Waals surface area contributed by atoms with Gasteiger partial charge in [-0.3, -0.25) is 9.80 Å². The molecule has 0 radical (unpaired) electrons. The van der Waals surface area contributed by atoms with Crippen molar-refractivity contribution in [1.82, 2.24) is 5.01 Å². The van der Waals surface area contributed by atoms with E-state index in [0.29, 0.717) is 6.42 Å². The van der Waals surface area contributed by atoms with Crippen LogP contribution in [0.25, 0.3) is 0 Å². The predicted octanol–water partition coefficient (Wildman–Crippen LogP) is 0.651. The Bertz CT molecular complexity index is 337. The zero-order valence-electron chi connectivity index (χ0n) is 8.48. The highest BCUT2D eigenvalue weighted by Crippen LogP contribution is 2.11. The third kappa shape index (κ3) is 3.62. The number of hydrazine groups is 1. The lowest BCUT2D eigenvalue weighted by Gasteiger charge is -2.16. The minimum absolute atomic E-state index is 0.266. The van der Waals surface area contributed by atoms with Gasteiger partial charge in [0.15, 0.2) is 0 Å². The molecule has 0 saturated heterocycles. The molecule has 0 fully saturated rings. The quantitative estimate of drug-likeness (QED) is 0.482. The fourth-order valence-electron chi connectivity index (χ4n) is 1.22. The maximum absolute atomic E-state index is 11.4. The molecular formula is C10H14BrN3O. The highest BCUT2D eigenvalue weighted by molar-refractivity contribution is 9.10. The van der Waals surface area contributed by atoms with E-state index in [0.717, 1.165) is 15.0 Å². The minimum atomic E-state index is -0.582. The van der Waals surface area contributed by atoms with E-state index < -0.39 is 6.04 Å². The third-order valence-corrected chi connectivity index (χ3v) is 2.56. The van der Waals surface area contributed by atoms with E-state index in [4.69, 9.17) is 11.6 Å². The number of carbonyl (C=O) groups is 1. The molecular weight excluding hydrogens is 258 g/mol. The first kappa shape index (κ1) is 12.2. The molecule has 1 amide bonds. The van der Waals surface area contributed by atoms with Gasteiger partial charge in [-0.1, -0.05) is 28.1 Å². The van der Waals surface area contributed by atoms with Gasteiger partial charge in [0.1, 0.15) is 0 Å². The van der Waals surface area contributed by atoms with E-state index in [1.807, 2.05) is 24.3 Å². The van der Waals surface area contributed by atoms with Gasteiger partial charge in [-0.2, -0.15) is 0 Å². The summed E-state index contributed by atoms with van der Waals surface area (Å²) in [5, 5.41) is 1.02. The topological polar surface area (TPSA) is 72.3 Å². The zero-order chi connectivity index (χ0) is 11.4. The maximum Gasteiger partial charge on any atom is 0.253 e. The van der Waals surface area contributed by atoms with E-state index in [2.05, 4.69) is 15.9 Å². The van der Waals surface area contributed by atoms with Crippen LogP contribution in [0.5, 0.6) is 0 Å². The fourth-order valence-corrected chi connectivity index (χ4v) is 1.49. The molecule has 0 saturated carbocycles. The molecule has 0 aromatic heterocycles. The maximum atomic E-state index is 11.4. The number of likely N-dealkylation sites (N-methyl/N-ethyl adjacent to an activating group) is 1. The molecule has 0 aliphatic carbocycles. The van der Waals surface area contributed by atoms with Gasteiger partial charge in [-0.15, -0.1) is 0 Å². The average molecular weight is 272 g/mol. The average Bonchev–Trinajstić information content (AvgIpc) is 2.20. The van der Waals surface area contributed by atoms with Crippen LogP contribution < -0.4 is 11.6 Å². The lowest BCUT2D eigenvalue weighted by molar-refractivity contribution is -0.131. The largest absolute Gasteiger partial charge is 0.320 e. The summed E-state index contributed by atoms with van der Waals surface area (Å²) in [7, 11) is 1.49. The van der Waals surface area contributed by atoms with Crippen LogP contribution in [0.15, 0.2) is 28.7 Å². The number of nitrogens with zero attached hydrogens (tertiary/aromatic N) is 1. The van der Waals surface area contributed by atoms with Gasteiger partial charge in [-0.05, 0) is 24.1 Å². The van der Waals surface area contributed by atoms with Crippen molar-refractivity contribution in [2.75, 3.05) is 7.05 Å². The SMILES string of the molecule is CN(N)C(=O)C(N)Cc1ccc(Br)cc1. The Morgan fingerprint density at radius 3 is 2.47 bits per heavy atom. The van der Waals surface area contributed by atoms with Gasteiger partial charge in [0, 0.05) is 11.5 Å². The summed E-state index contributed by atoms with van der Waals surface area (Å²) in [5.41, 5.74) is 6.72. The Kier molecular flexibility index (Phi) is 4.26. The van der Waals surface area contributed by atoms with Crippen molar-refractivity contribution >= 4 is 21.8 Å². The summed E-state index contributed by atoms with van der Waals surface area (Å²) in [4.78, 5) is 11.4. The number of amides is 1. The first-order valence-electron chi connectivity index (χ1n) is 4.53. The van der Waals surface area contributed by atoms with Crippen molar-refractivity contribution in [3.05, 3.63) is 34.3 Å². The Labute approximate surface area is 97.3 Å². The van der Waals surface area contributed by atoms with Crippen LogP contribution in [0, 0.1) is 0 Å². The number of benzene rings is 1. The molecule has 4 N–H and O–H groups in total. The third-order valence-electron chi connectivity index (χ3n) is 2.03. The van der Waals surface area contributed by atoms with Crippen LogP contribution in [-0.2, 0) is 11.2 Å². The monoisotopic (exact) mass is 271 g/mol. The molecule has 1 atom stereocenters. The number of carbonyl (C=O) groups excluding carboxylic acids is 1. The second-order valence-corrected chi connectivity index (χ2v) is 4.30. The Morgan fingerprint density at radius 1 is 1.47 bits per heavy atom. The van der Waals surface area contributed by atoms with E-state index in [1.54, 1.807) is 0 Å². The Balaban J connectivity index is 2.62. The van der Waals surface area contributed by atoms with Crippen LogP contribution >= 0.6 is 15.9 Å². The molecule has 4 nitrogen and oxygen atoms in total. The molecule has 1 rings (SSSR count). The molecule has 1 aromatic carbocycles. The molecule has 5 heteroatoms. The molecule has 0 aliphatic rings. The molecule has 1 aromatic rings. The van der Waals surface area contributed by atoms with Crippen molar-refractivity contribution in [3.8, 4) is 0 Å². The summed E-state index contributed by atoms with van der Waals surface area (Å²) in [5.74, 6) is 5.05. The number of halogens is 1. The molecule has 15 heavy (non-hydrogen) atoms. The van der Waals surface area contributed by atoms with Crippen LogP contribution in [0.1, 0.15) is 5.56 Å². The van der Waals surface area contributed by atoms with Crippen molar-refractivity contribution in [2.24, 2.45) is 11.6 Å². The first-order valence-corrected chi connectivity index (χ1v) is 5.32. The standard InChI is InChI=1S/C10H14BrN3O/c1-14(13)10(15)9(12)6-7-2-4-8(11)5-3-7/h2-5,9H,6,12-13H2,1H3. The number of hydrogen-bond donors (Lipinski definition) is 2. The Morgan fingerprint density at radius 2 is 2.00 bits per heavy atom. The van der Waals surface area contributed by atoms with Crippen LogP contribution in [-0.4, -0.2) is 24.0 Å². The minimum Gasteiger partial charge on any atom is -0.320 e. The molecule has 0 bridgehead atoms. The summed E-state index contributed by atoms with van der Waals surface area (Å²) in [6, 6.07) is 7.10. The van der Waals surface area contributed by atoms with Crippen LogP contribution in [0.3, 0.4) is 0 Å². The normalized spacial score (nSPS) is 12.3. The van der Waals surface area contributed by atoms with Crippen LogP contribution in [0.2, 0.25) is 0 Å². The second kappa shape index (κ2) is 5.25. The van der Waals surface area contributed by atoms with Gasteiger partial charge >= 0.3 is 0 Å². The van der Waals surface area contributed by atoms with Gasteiger partial charge < -0.3 is 5.73 Å². The van der Waals surface area contributed by atoms with Crippen molar-refractivity contribution in [3.63, 3.8) is 0 Å². The van der Waals surface area contributed by atoms with E-state index in [9.17, 15) is 4.79 Å². The lowest BCUT2D eigenvalue weighted by atomic mass is 10.1. The summed E-state index contributed by atoms with van der Waals surface area (Å²) >= 11 is 3.34. The Hall–Kier alpha value is -0.910. The fraction of sp³-hybridized carbons (Fsp3) is 0.300. The van der Waals surface area contributed by atoms with Gasteiger partial charge in [0.25, 0.3) is 5.91 Å². The molecule has 0 aliphatic heterocycles. The predicted molar refractivity (Wildman–Crippen MR) is 62.8 cm³/mol. The molecule has 0 spiro atoms. The van der Waals surface area contributed by atoms with E-state index >= 15 is 0 Å². The number of hydrogen-bond acceptors (Lipinski definition) is 3. The van der Waals surface area contributed by atoms with Gasteiger partial charge in [0.2, 0.25) is 0 Å². The molecule has 1 unspecified atom stereocenters. The van der Waals surface area contributed by atoms with Crippen LogP contribution in [0.4, 0.5) is 0 Å². The summed E-state index contributed by atoms with van der Waals surface area (Å²) < 4.78 is 1.00. The van der Waals surface area contributed by atoms with Gasteiger partial charge in [0.05, 0.1) is 6.04 Å². The smallest absolute Gasteiger partial charge is 0.253 e. The number of nitrogens with two attached hydrogens (primary N) is 2. The van der Waals surface area contributed by atoms with Crippen molar-refractivity contribution in [2.45, 2.75) is 12.5 Å². The van der Waals surface area contributed by atoms with Crippen molar-refractivity contribution < 1.29 is 4.79 Å². The van der Waals surface area contributed by atoms with Gasteiger partial charge in [-0.25, -0.2) is 5.84 Å². The molecule has 0 heterocycles. The summed E-state index contributed by atoms with van der Waals surface area (Å²) in [6.45, 7) is 0.